The van der Waals surface area contributed by atoms with Gasteiger partial charge in [-0.05, 0) is 12.5 Å². The van der Waals surface area contributed by atoms with E-state index in [1.54, 1.807) is 7.05 Å². The van der Waals surface area contributed by atoms with Crippen molar-refractivity contribution in [3.63, 3.8) is 0 Å². The third kappa shape index (κ3) is 7.54. The highest BCUT2D eigenvalue weighted by Crippen LogP contribution is 2.17. The van der Waals surface area contributed by atoms with Crippen LogP contribution in [0.1, 0.15) is 27.2 Å². The Hall–Kier alpha value is -1.10. The van der Waals surface area contributed by atoms with Crippen molar-refractivity contribution in [2.24, 2.45) is 5.41 Å². The van der Waals surface area contributed by atoms with Crippen molar-refractivity contribution in [3.05, 3.63) is 0 Å². The van der Waals surface area contributed by atoms with Gasteiger partial charge in [0.2, 0.25) is 5.91 Å². The van der Waals surface area contributed by atoms with E-state index in [0.29, 0.717) is 6.42 Å². The fourth-order valence-corrected chi connectivity index (χ4v) is 0.870. The topological polar surface area (TPSA) is 70.2 Å². The van der Waals surface area contributed by atoms with Gasteiger partial charge in [-0.15, -0.1) is 0 Å². The molecule has 0 spiro atoms. The molecular formula is C9H19N3O2. The van der Waals surface area contributed by atoms with Gasteiger partial charge in [0.15, 0.2) is 0 Å². The predicted octanol–water partition coefficient (Wildman–Crippen LogP) is -0.211. The second kappa shape index (κ2) is 5.59. The zero-order valence-corrected chi connectivity index (χ0v) is 9.23. The number of hydrogen-bond donors (Lipinski definition) is 3. The van der Waals surface area contributed by atoms with Crippen LogP contribution in [0.3, 0.4) is 0 Å². The summed E-state index contributed by atoms with van der Waals surface area (Å²) in [4.78, 5) is 22.1. The van der Waals surface area contributed by atoms with Crippen molar-refractivity contribution in [2.45, 2.75) is 27.2 Å². The van der Waals surface area contributed by atoms with Crippen LogP contribution in [-0.4, -0.2) is 25.4 Å². The van der Waals surface area contributed by atoms with Gasteiger partial charge in [0.25, 0.3) is 5.91 Å². The van der Waals surface area contributed by atoms with Crippen molar-refractivity contribution in [1.29, 1.82) is 0 Å². The fourth-order valence-electron chi connectivity index (χ4n) is 0.870. The average molecular weight is 201 g/mol. The molecule has 0 rings (SSSR count). The van der Waals surface area contributed by atoms with Crippen LogP contribution in [0.4, 0.5) is 0 Å². The van der Waals surface area contributed by atoms with Gasteiger partial charge in [-0.2, -0.15) is 0 Å². The second-order valence-electron chi connectivity index (χ2n) is 4.36. The standard InChI is InChI=1S/C9H19N3O2/c1-9(2,3)5-7(13)11-12-8(14)6-10-4/h10H,5-6H2,1-4H3,(H,11,13)(H,12,14). The monoisotopic (exact) mass is 201 g/mol. The molecule has 5 heteroatoms. The molecule has 0 saturated carbocycles. The summed E-state index contributed by atoms with van der Waals surface area (Å²) in [6, 6.07) is 0. The van der Waals surface area contributed by atoms with E-state index in [9.17, 15) is 9.59 Å². The summed E-state index contributed by atoms with van der Waals surface area (Å²) in [6.07, 6.45) is 0.382. The molecule has 5 nitrogen and oxygen atoms in total. The van der Waals surface area contributed by atoms with Gasteiger partial charge in [0.1, 0.15) is 0 Å². The third-order valence-electron chi connectivity index (χ3n) is 1.37. The highest BCUT2D eigenvalue weighted by molar-refractivity contribution is 5.83. The van der Waals surface area contributed by atoms with Crippen LogP contribution in [-0.2, 0) is 9.59 Å². The molecule has 0 aromatic rings. The molecule has 0 saturated heterocycles. The van der Waals surface area contributed by atoms with Crippen molar-refractivity contribution in [3.8, 4) is 0 Å². The molecular weight excluding hydrogens is 182 g/mol. The Labute approximate surface area is 84.6 Å². The molecule has 0 aliphatic rings. The predicted molar refractivity (Wildman–Crippen MR) is 54.3 cm³/mol. The Morgan fingerprint density at radius 3 is 2.00 bits per heavy atom. The number of nitrogens with one attached hydrogen (secondary N) is 3. The molecule has 0 aromatic heterocycles. The molecule has 82 valence electrons. The van der Waals surface area contributed by atoms with Crippen LogP contribution < -0.4 is 16.2 Å². The lowest BCUT2D eigenvalue weighted by molar-refractivity contribution is -0.129. The Bertz CT molecular complexity index is 209. The first-order chi connectivity index (χ1) is 6.35. The minimum atomic E-state index is -0.255. The van der Waals surface area contributed by atoms with Crippen LogP contribution in [0.15, 0.2) is 0 Å². The van der Waals surface area contributed by atoms with Crippen molar-refractivity contribution >= 4 is 11.8 Å². The maximum atomic E-state index is 11.2. The summed E-state index contributed by atoms with van der Waals surface area (Å²) in [7, 11) is 1.66. The summed E-state index contributed by atoms with van der Waals surface area (Å²) >= 11 is 0. The highest BCUT2D eigenvalue weighted by atomic mass is 16.2. The molecule has 0 aliphatic carbocycles. The van der Waals surface area contributed by atoms with Gasteiger partial charge in [-0.1, -0.05) is 20.8 Å². The highest BCUT2D eigenvalue weighted by Gasteiger charge is 2.15. The van der Waals surface area contributed by atoms with Crippen LogP contribution in [0.25, 0.3) is 0 Å². The quantitative estimate of drug-likeness (QED) is 0.553. The van der Waals surface area contributed by atoms with Gasteiger partial charge >= 0.3 is 0 Å². The van der Waals surface area contributed by atoms with Gasteiger partial charge in [-0.3, -0.25) is 20.4 Å². The van der Waals surface area contributed by atoms with Gasteiger partial charge in [-0.25, -0.2) is 0 Å². The smallest absolute Gasteiger partial charge is 0.252 e. The second-order valence-corrected chi connectivity index (χ2v) is 4.36. The maximum absolute atomic E-state index is 11.2. The third-order valence-corrected chi connectivity index (χ3v) is 1.37. The van der Waals surface area contributed by atoms with Crippen molar-refractivity contribution in [1.82, 2.24) is 16.2 Å². The van der Waals surface area contributed by atoms with E-state index in [2.05, 4.69) is 16.2 Å². The normalized spacial score (nSPS) is 10.9. The van der Waals surface area contributed by atoms with E-state index >= 15 is 0 Å². The fraction of sp³-hybridized carbons (Fsp3) is 0.778. The first kappa shape index (κ1) is 12.9. The van der Waals surface area contributed by atoms with Crippen LogP contribution in [0.5, 0.6) is 0 Å². The van der Waals surface area contributed by atoms with Crippen molar-refractivity contribution in [2.75, 3.05) is 13.6 Å². The van der Waals surface area contributed by atoms with Crippen LogP contribution >= 0.6 is 0 Å². The van der Waals surface area contributed by atoms with Gasteiger partial charge in [0, 0.05) is 6.42 Å². The van der Waals surface area contributed by atoms with Gasteiger partial charge in [0.05, 0.1) is 6.54 Å². The zero-order valence-electron chi connectivity index (χ0n) is 9.23. The SMILES string of the molecule is CNCC(=O)NNC(=O)CC(C)(C)C. The molecule has 0 aromatic carbocycles. The molecule has 0 atom stereocenters. The number of likely N-dealkylation sites (N-methyl/N-ethyl adjacent to an activating group) is 1. The first-order valence-electron chi connectivity index (χ1n) is 4.57. The Morgan fingerprint density at radius 1 is 1.07 bits per heavy atom. The lowest BCUT2D eigenvalue weighted by atomic mass is 9.92. The first-order valence-corrected chi connectivity index (χ1v) is 4.57. The van der Waals surface area contributed by atoms with Crippen molar-refractivity contribution < 1.29 is 9.59 Å². The number of amides is 2. The number of carbonyl (C=O) groups excluding carboxylic acids is 2. The summed E-state index contributed by atoms with van der Waals surface area (Å²) in [5.74, 6) is -0.434. The van der Waals surface area contributed by atoms with E-state index in [1.807, 2.05) is 20.8 Å². The molecule has 0 aliphatic heterocycles. The minimum Gasteiger partial charge on any atom is -0.311 e. The molecule has 0 radical (unpaired) electrons. The molecule has 0 heterocycles. The number of rotatable bonds is 3. The molecule has 0 unspecified atom stereocenters. The summed E-state index contributed by atoms with van der Waals surface area (Å²) < 4.78 is 0. The molecule has 0 bridgehead atoms. The lowest BCUT2D eigenvalue weighted by Crippen LogP contribution is -2.45. The largest absolute Gasteiger partial charge is 0.311 e. The molecule has 3 N–H and O–H groups in total. The number of hydrazine groups is 1. The van der Waals surface area contributed by atoms with E-state index in [1.165, 1.54) is 0 Å². The molecule has 2 amide bonds. The Kier molecular flexibility index (Phi) is 5.15. The Balaban J connectivity index is 3.70. The maximum Gasteiger partial charge on any atom is 0.252 e. The molecule has 0 fully saturated rings. The Morgan fingerprint density at radius 2 is 1.57 bits per heavy atom. The van der Waals surface area contributed by atoms with Gasteiger partial charge < -0.3 is 5.32 Å². The van der Waals surface area contributed by atoms with Crippen LogP contribution in [0, 0.1) is 5.41 Å². The molecule has 14 heavy (non-hydrogen) atoms. The average Bonchev–Trinajstić information content (AvgIpc) is 1.98. The van der Waals surface area contributed by atoms with E-state index in [4.69, 9.17) is 0 Å². The van der Waals surface area contributed by atoms with E-state index in [-0.39, 0.29) is 23.8 Å². The number of carbonyl (C=O) groups is 2. The minimum absolute atomic E-state index is 0.0716. The lowest BCUT2D eigenvalue weighted by Gasteiger charge is -2.17. The van der Waals surface area contributed by atoms with E-state index < -0.39 is 0 Å². The summed E-state index contributed by atoms with van der Waals surface area (Å²) in [6.45, 7) is 6.07. The summed E-state index contributed by atoms with van der Waals surface area (Å²) in [5, 5.41) is 2.68. The van der Waals surface area contributed by atoms with E-state index in [0.717, 1.165) is 0 Å². The van der Waals surface area contributed by atoms with Crippen LogP contribution in [0.2, 0.25) is 0 Å². The number of hydrogen-bond acceptors (Lipinski definition) is 3. The zero-order chi connectivity index (χ0) is 11.2. The summed E-state index contributed by atoms with van der Waals surface area (Å²) in [5.41, 5.74) is 4.58.